The number of nitrogens with zero attached hydrogens (tertiary/aromatic N) is 2. The van der Waals surface area contributed by atoms with Crippen molar-refractivity contribution in [3.63, 3.8) is 0 Å². The van der Waals surface area contributed by atoms with Gasteiger partial charge in [-0.05, 0) is 50.1 Å². The largest absolute Gasteiger partial charge is 0.312 e. The predicted octanol–water partition coefficient (Wildman–Crippen LogP) is 4.44. The molecule has 3 heterocycles. The number of carbonyl (C=O) groups excluding carboxylic acids is 2. The highest BCUT2D eigenvalue weighted by atomic mass is 32.1. The lowest BCUT2D eigenvalue weighted by Crippen LogP contribution is -2.35. The lowest BCUT2D eigenvalue weighted by Gasteiger charge is -2.26. The van der Waals surface area contributed by atoms with Crippen LogP contribution < -0.4 is 10.2 Å². The molecule has 1 N–H and O–H groups in total. The fourth-order valence-electron chi connectivity index (χ4n) is 2.94. The number of hydrogen-bond donors (Lipinski definition) is 1. The van der Waals surface area contributed by atoms with E-state index in [2.05, 4.69) is 16.4 Å². The third kappa shape index (κ3) is 3.29. The molecule has 25 heavy (non-hydrogen) atoms. The molecular formula is C18H17N3O2S2. The number of rotatable bonds is 3. The van der Waals surface area contributed by atoms with Crippen molar-refractivity contribution in [1.82, 2.24) is 4.98 Å². The Morgan fingerprint density at radius 3 is 2.72 bits per heavy atom. The van der Waals surface area contributed by atoms with Crippen LogP contribution >= 0.6 is 22.7 Å². The van der Waals surface area contributed by atoms with Crippen molar-refractivity contribution in [2.24, 2.45) is 0 Å². The second-order valence-electron chi connectivity index (χ2n) is 6.05. The summed E-state index contributed by atoms with van der Waals surface area (Å²) in [5.74, 6) is -0.0313. The number of fused-ring (bicyclic) bond motifs is 1. The fraction of sp³-hybridized carbons (Fsp3) is 0.278. The molecule has 1 saturated heterocycles. The second kappa shape index (κ2) is 6.57. The molecule has 0 radical (unpaired) electrons. The zero-order chi connectivity index (χ0) is 17.4. The lowest BCUT2D eigenvalue weighted by molar-refractivity contribution is -0.119. The van der Waals surface area contributed by atoms with E-state index in [0.29, 0.717) is 17.1 Å². The molecule has 2 amide bonds. The summed E-state index contributed by atoms with van der Waals surface area (Å²) in [5.41, 5.74) is 1.41. The molecule has 0 bridgehead atoms. The quantitative estimate of drug-likeness (QED) is 0.740. The fourth-order valence-corrected chi connectivity index (χ4v) is 4.96. The van der Waals surface area contributed by atoms with Gasteiger partial charge >= 0.3 is 0 Å². The van der Waals surface area contributed by atoms with Crippen LogP contribution in [0.4, 0.5) is 10.8 Å². The summed E-state index contributed by atoms with van der Waals surface area (Å²) in [6, 6.07) is 9.26. The van der Waals surface area contributed by atoms with Gasteiger partial charge in [0.15, 0.2) is 5.13 Å². The number of thiazole rings is 1. The molecule has 7 heteroatoms. The van der Waals surface area contributed by atoms with Gasteiger partial charge < -0.3 is 4.90 Å². The maximum absolute atomic E-state index is 12.4. The molecule has 1 aliphatic rings. The summed E-state index contributed by atoms with van der Waals surface area (Å²) in [6.45, 7) is 2.80. The molecule has 1 fully saturated rings. The van der Waals surface area contributed by atoms with E-state index in [4.69, 9.17) is 0 Å². The van der Waals surface area contributed by atoms with Crippen LogP contribution in [0.3, 0.4) is 0 Å². The number of thiophene rings is 1. The minimum absolute atomic E-state index is 0.154. The molecule has 3 aromatic rings. The monoisotopic (exact) mass is 371 g/mol. The second-order valence-corrected chi connectivity index (χ2v) is 8.31. The summed E-state index contributed by atoms with van der Waals surface area (Å²) >= 11 is 3.11. The zero-order valence-electron chi connectivity index (χ0n) is 13.7. The molecule has 1 aliphatic heterocycles. The Morgan fingerprint density at radius 1 is 1.20 bits per heavy atom. The molecule has 0 spiro atoms. The Bertz CT molecular complexity index is 912. The SMILES string of the molecule is Cc1cc2sc(NC(=O)c3ccc(N4CCCCC4=O)cc3)nc2s1. The number of hydrogen-bond acceptors (Lipinski definition) is 5. The Balaban J connectivity index is 1.48. The number of piperidine rings is 1. The van der Waals surface area contributed by atoms with Crippen LogP contribution in [0.1, 0.15) is 34.5 Å². The van der Waals surface area contributed by atoms with Gasteiger partial charge in [0, 0.05) is 29.1 Å². The van der Waals surface area contributed by atoms with Crippen LogP contribution in [0.2, 0.25) is 0 Å². The van der Waals surface area contributed by atoms with Gasteiger partial charge in [0.1, 0.15) is 4.83 Å². The van der Waals surface area contributed by atoms with E-state index in [1.165, 1.54) is 16.2 Å². The summed E-state index contributed by atoms with van der Waals surface area (Å²) in [5, 5.41) is 3.47. The molecule has 0 unspecified atom stereocenters. The van der Waals surface area contributed by atoms with Crippen molar-refractivity contribution < 1.29 is 9.59 Å². The number of carbonyl (C=O) groups is 2. The van der Waals surface area contributed by atoms with E-state index in [1.54, 1.807) is 28.4 Å². The third-order valence-corrected chi connectivity index (χ3v) is 6.19. The molecule has 128 valence electrons. The Morgan fingerprint density at radius 2 is 2.00 bits per heavy atom. The number of aromatic nitrogens is 1. The van der Waals surface area contributed by atoms with Crippen LogP contribution in [0.5, 0.6) is 0 Å². The van der Waals surface area contributed by atoms with E-state index >= 15 is 0 Å². The van der Waals surface area contributed by atoms with E-state index in [-0.39, 0.29) is 11.8 Å². The first-order chi connectivity index (χ1) is 12.1. The van der Waals surface area contributed by atoms with Crippen molar-refractivity contribution in [2.45, 2.75) is 26.2 Å². The predicted molar refractivity (Wildman–Crippen MR) is 103 cm³/mol. The normalized spacial score (nSPS) is 14.9. The number of amides is 2. The number of aryl methyl sites for hydroxylation is 1. The van der Waals surface area contributed by atoms with E-state index in [0.717, 1.165) is 34.6 Å². The van der Waals surface area contributed by atoms with Gasteiger partial charge in [0.25, 0.3) is 5.91 Å². The Labute approximate surface area is 153 Å². The van der Waals surface area contributed by atoms with Gasteiger partial charge in [-0.1, -0.05) is 11.3 Å². The highest BCUT2D eigenvalue weighted by molar-refractivity contribution is 7.29. The van der Waals surface area contributed by atoms with Crippen molar-refractivity contribution in [2.75, 3.05) is 16.8 Å². The molecule has 5 nitrogen and oxygen atoms in total. The van der Waals surface area contributed by atoms with E-state index in [1.807, 2.05) is 19.1 Å². The van der Waals surface area contributed by atoms with Crippen LogP contribution in [0, 0.1) is 6.92 Å². The topological polar surface area (TPSA) is 62.3 Å². The lowest BCUT2D eigenvalue weighted by atomic mass is 10.1. The number of nitrogens with one attached hydrogen (secondary N) is 1. The Hall–Kier alpha value is -2.25. The standard InChI is InChI=1S/C18H17N3O2S2/c1-11-10-14-17(24-11)20-18(25-14)19-16(23)12-5-7-13(8-6-12)21-9-3-2-4-15(21)22/h5-8,10H,2-4,9H2,1H3,(H,19,20,23). The van der Waals surface area contributed by atoms with Crippen molar-refractivity contribution >= 4 is 54.8 Å². The minimum Gasteiger partial charge on any atom is -0.312 e. The first kappa shape index (κ1) is 16.2. The number of anilines is 2. The van der Waals surface area contributed by atoms with Crippen molar-refractivity contribution in [3.8, 4) is 0 Å². The van der Waals surface area contributed by atoms with Crippen LogP contribution in [-0.4, -0.2) is 23.3 Å². The molecule has 1 aromatic carbocycles. The van der Waals surface area contributed by atoms with Gasteiger partial charge in [-0.15, -0.1) is 11.3 Å². The molecular weight excluding hydrogens is 354 g/mol. The average Bonchev–Trinajstić information content (AvgIpc) is 3.12. The summed E-state index contributed by atoms with van der Waals surface area (Å²) < 4.78 is 1.09. The summed E-state index contributed by atoms with van der Waals surface area (Å²) in [7, 11) is 0. The average molecular weight is 371 g/mol. The van der Waals surface area contributed by atoms with Crippen LogP contribution in [-0.2, 0) is 4.79 Å². The first-order valence-electron chi connectivity index (χ1n) is 8.19. The van der Waals surface area contributed by atoms with E-state index in [9.17, 15) is 9.59 Å². The summed E-state index contributed by atoms with van der Waals surface area (Å²) in [4.78, 5) is 32.8. The maximum atomic E-state index is 12.4. The van der Waals surface area contributed by atoms with Gasteiger partial charge in [0.2, 0.25) is 5.91 Å². The maximum Gasteiger partial charge on any atom is 0.257 e. The molecule has 0 aliphatic carbocycles. The molecule has 2 aromatic heterocycles. The smallest absolute Gasteiger partial charge is 0.257 e. The highest BCUT2D eigenvalue weighted by Crippen LogP contribution is 2.32. The van der Waals surface area contributed by atoms with Crippen LogP contribution in [0.25, 0.3) is 9.53 Å². The molecule has 4 rings (SSSR count). The van der Waals surface area contributed by atoms with Gasteiger partial charge in [-0.25, -0.2) is 4.98 Å². The third-order valence-electron chi connectivity index (χ3n) is 4.20. The highest BCUT2D eigenvalue weighted by Gasteiger charge is 2.20. The molecule has 0 atom stereocenters. The van der Waals surface area contributed by atoms with Gasteiger partial charge in [-0.3, -0.25) is 14.9 Å². The zero-order valence-corrected chi connectivity index (χ0v) is 15.4. The Kier molecular flexibility index (Phi) is 4.27. The van der Waals surface area contributed by atoms with Gasteiger partial charge in [-0.2, -0.15) is 0 Å². The summed E-state index contributed by atoms with van der Waals surface area (Å²) in [6.07, 6.45) is 2.58. The minimum atomic E-state index is -0.186. The first-order valence-corrected chi connectivity index (χ1v) is 9.82. The van der Waals surface area contributed by atoms with Crippen molar-refractivity contribution in [1.29, 1.82) is 0 Å². The van der Waals surface area contributed by atoms with Crippen LogP contribution in [0.15, 0.2) is 30.3 Å². The van der Waals surface area contributed by atoms with Crippen molar-refractivity contribution in [3.05, 3.63) is 40.8 Å². The molecule has 0 saturated carbocycles. The van der Waals surface area contributed by atoms with E-state index < -0.39 is 0 Å². The number of benzene rings is 1. The van der Waals surface area contributed by atoms with Gasteiger partial charge in [0.05, 0.1) is 4.70 Å².